The molecule has 0 radical (unpaired) electrons. The smallest absolute Gasteiger partial charge is 0.165 e. The Kier molecular flexibility index (Phi) is 4.52. The molecule has 18 heavy (non-hydrogen) atoms. The third-order valence-corrected chi connectivity index (χ3v) is 3.33. The molecular formula is C13H19FN2O2. The molecule has 0 amide bonds. The molecule has 0 spiro atoms. The first-order valence-electron chi connectivity index (χ1n) is 6.15. The van der Waals surface area contributed by atoms with Gasteiger partial charge in [-0.1, -0.05) is 6.07 Å². The highest BCUT2D eigenvalue weighted by atomic mass is 19.1. The summed E-state index contributed by atoms with van der Waals surface area (Å²) in [5.41, 5.74) is 0.887. The molecule has 1 atom stereocenters. The van der Waals surface area contributed by atoms with Gasteiger partial charge in [-0.05, 0) is 17.7 Å². The lowest BCUT2D eigenvalue weighted by atomic mass is 10.0. The van der Waals surface area contributed by atoms with Gasteiger partial charge in [-0.15, -0.1) is 0 Å². The normalized spacial score (nSPS) is 18.6. The summed E-state index contributed by atoms with van der Waals surface area (Å²) < 4.78 is 18.3. The first-order valence-corrected chi connectivity index (χ1v) is 6.15. The Balaban J connectivity index is 2.20. The number of methoxy groups -OCH3 is 1. The molecule has 0 unspecified atom stereocenters. The maximum Gasteiger partial charge on any atom is 0.165 e. The van der Waals surface area contributed by atoms with Crippen LogP contribution in [0.1, 0.15) is 11.6 Å². The summed E-state index contributed by atoms with van der Waals surface area (Å²) in [4.78, 5) is 2.20. The molecule has 2 rings (SSSR count). The van der Waals surface area contributed by atoms with Crippen molar-refractivity contribution in [2.75, 3.05) is 39.9 Å². The molecule has 0 aromatic heterocycles. The lowest BCUT2D eigenvalue weighted by Crippen LogP contribution is -2.46. The van der Waals surface area contributed by atoms with Gasteiger partial charge in [-0.2, -0.15) is 0 Å². The van der Waals surface area contributed by atoms with Gasteiger partial charge in [-0.25, -0.2) is 4.39 Å². The standard InChI is InChI=1S/C13H19FN2O2/c1-18-13-8-10(2-3-11(13)14)12(9-17)16-6-4-15-5-7-16/h2-3,8,12,15,17H,4-7,9H2,1H3/t12-/m0/s1. The van der Waals surface area contributed by atoms with Gasteiger partial charge in [0.15, 0.2) is 11.6 Å². The van der Waals surface area contributed by atoms with E-state index in [-0.39, 0.29) is 24.2 Å². The maximum absolute atomic E-state index is 13.4. The van der Waals surface area contributed by atoms with E-state index < -0.39 is 0 Å². The van der Waals surface area contributed by atoms with Gasteiger partial charge in [0.25, 0.3) is 0 Å². The van der Waals surface area contributed by atoms with E-state index in [0.717, 1.165) is 31.7 Å². The van der Waals surface area contributed by atoms with Crippen molar-refractivity contribution in [3.05, 3.63) is 29.6 Å². The molecule has 1 heterocycles. The van der Waals surface area contributed by atoms with Crippen LogP contribution in [0.2, 0.25) is 0 Å². The van der Waals surface area contributed by atoms with Crippen molar-refractivity contribution < 1.29 is 14.2 Å². The van der Waals surface area contributed by atoms with Crippen LogP contribution in [0, 0.1) is 5.82 Å². The average Bonchev–Trinajstić information content (AvgIpc) is 2.42. The van der Waals surface area contributed by atoms with Crippen LogP contribution in [0.4, 0.5) is 4.39 Å². The number of aliphatic hydroxyl groups is 1. The monoisotopic (exact) mass is 254 g/mol. The highest BCUT2D eigenvalue weighted by Crippen LogP contribution is 2.26. The highest BCUT2D eigenvalue weighted by molar-refractivity contribution is 5.32. The molecule has 0 bridgehead atoms. The zero-order chi connectivity index (χ0) is 13.0. The van der Waals surface area contributed by atoms with E-state index in [1.807, 2.05) is 0 Å². The van der Waals surface area contributed by atoms with Crippen molar-refractivity contribution in [3.63, 3.8) is 0 Å². The van der Waals surface area contributed by atoms with Crippen LogP contribution >= 0.6 is 0 Å². The molecule has 100 valence electrons. The zero-order valence-corrected chi connectivity index (χ0v) is 10.5. The molecule has 4 nitrogen and oxygen atoms in total. The van der Waals surface area contributed by atoms with Crippen LogP contribution in [0.15, 0.2) is 18.2 Å². The minimum atomic E-state index is -0.377. The Labute approximate surface area is 106 Å². The molecule has 0 saturated carbocycles. The second-order valence-corrected chi connectivity index (χ2v) is 4.38. The van der Waals surface area contributed by atoms with Gasteiger partial charge in [0.1, 0.15) is 0 Å². The molecule has 1 aliphatic rings. The minimum absolute atomic E-state index is 0.0226. The van der Waals surface area contributed by atoms with Crippen LogP contribution < -0.4 is 10.1 Å². The van der Waals surface area contributed by atoms with Gasteiger partial charge < -0.3 is 15.2 Å². The predicted octanol–water partition coefficient (Wildman–Crippen LogP) is 0.773. The Morgan fingerprint density at radius 2 is 2.17 bits per heavy atom. The van der Waals surface area contributed by atoms with Crippen LogP contribution in [0.3, 0.4) is 0 Å². The van der Waals surface area contributed by atoms with E-state index in [2.05, 4.69) is 10.2 Å². The van der Waals surface area contributed by atoms with E-state index in [4.69, 9.17) is 4.74 Å². The Hall–Kier alpha value is -1.17. The third kappa shape index (κ3) is 2.80. The van der Waals surface area contributed by atoms with E-state index >= 15 is 0 Å². The van der Waals surface area contributed by atoms with Gasteiger partial charge >= 0.3 is 0 Å². The second kappa shape index (κ2) is 6.13. The summed E-state index contributed by atoms with van der Waals surface area (Å²) in [7, 11) is 1.45. The minimum Gasteiger partial charge on any atom is -0.494 e. The summed E-state index contributed by atoms with van der Waals surface area (Å²) in [5, 5.41) is 12.8. The zero-order valence-electron chi connectivity index (χ0n) is 10.5. The lowest BCUT2D eigenvalue weighted by molar-refractivity contribution is 0.110. The van der Waals surface area contributed by atoms with Crippen molar-refractivity contribution in [1.29, 1.82) is 0 Å². The largest absolute Gasteiger partial charge is 0.494 e. The van der Waals surface area contributed by atoms with Crippen LogP contribution in [-0.4, -0.2) is 49.9 Å². The fraction of sp³-hybridized carbons (Fsp3) is 0.538. The molecule has 1 aliphatic heterocycles. The van der Waals surface area contributed by atoms with Crippen LogP contribution in [0.5, 0.6) is 5.75 Å². The number of ether oxygens (including phenoxy) is 1. The fourth-order valence-electron chi connectivity index (χ4n) is 2.31. The summed E-state index contributed by atoms with van der Waals surface area (Å²) in [6.07, 6.45) is 0. The van der Waals surface area contributed by atoms with Gasteiger partial charge in [0.2, 0.25) is 0 Å². The molecule has 1 fully saturated rings. The summed E-state index contributed by atoms with van der Waals surface area (Å²) in [6.45, 7) is 3.61. The van der Waals surface area contributed by atoms with E-state index in [1.165, 1.54) is 13.2 Å². The molecule has 2 N–H and O–H groups in total. The predicted molar refractivity (Wildman–Crippen MR) is 67.2 cm³/mol. The van der Waals surface area contributed by atoms with Crippen molar-refractivity contribution in [2.24, 2.45) is 0 Å². The quantitative estimate of drug-likeness (QED) is 0.833. The molecule has 5 heteroatoms. The highest BCUT2D eigenvalue weighted by Gasteiger charge is 2.22. The van der Waals surface area contributed by atoms with Crippen LogP contribution in [-0.2, 0) is 0 Å². The first-order chi connectivity index (χ1) is 8.76. The number of hydrogen-bond acceptors (Lipinski definition) is 4. The summed E-state index contributed by atoms with van der Waals surface area (Å²) in [5.74, 6) is -0.153. The van der Waals surface area contributed by atoms with Crippen molar-refractivity contribution in [3.8, 4) is 5.75 Å². The Bertz CT molecular complexity index is 395. The van der Waals surface area contributed by atoms with Gasteiger partial charge in [0, 0.05) is 26.2 Å². The number of nitrogens with one attached hydrogen (secondary N) is 1. The number of aliphatic hydroxyl groups excluding tert-OH is 1. The van der Waals surface area contributed by atoms with Crippen molar-refractivity contribution >= 4 is 0 Å². The third-order valence-electron chi connectivity index (χ3n) is 3.33. The number of halogens is 1. The molecule has 0 aliphatic carbocycles. The summed E-state index contributed by atoms with van der Waals surface area (Å²) >= 11 is 0. The topological polar surface area (TPSA) is 44.7 Å². The first kappa shape index (κ1) is 13.3. The number of nitrogens with zero attached hydrogens (tertiary/aromatic N) is 1. The van der Waals surface area contributed by atoms with E-state index in [0.29, 0.717) is 0 Å². The van der Waals surface area contributed by atoms with Gasteiger partial charge in [-0.3, -0.25) is 4.90 Å². The molecule has 1 saturated heterocycles. The SMILES string of the molecule is COc1cc([C@H](CO)N2CCNCC2)ccc1F. The number of benzene rings is 1. The average molecular weight is 254 g/mol. The molecular weight excluding hydrogens is 235 g/mol. The van der Waals surface area contributed by atoms with Crippen LogP contribution in [0.25, 0.3) is 0 Å². The second-order valence-electron chi connectivity index (χ2n) is 4.38. The van der Waals surface area contributed by atoms with E-state index in [9.17, 15) is 9.50 Å². The molecule has 1 aromatic carbocycles. The van der Waals surface area contributed by atoms with E-state index in [1.54, 1.807) is 12.1 Å². The van der Waals surface area contributed by atoms with Gasteiger partial charge in [0.05, 0.1) is 19.8 Å². The number of rotatable bonds is 4. The lowest BCUT2D eigenvalue weighted by Gasteiger charge is -2.34. The summed E-state index contributed by atoms with van der Waals surface area (Å²) in [6, 6.07) is 4.67. The number of hydrogen-bond donors (Lipinski definition) is 2. The van der Waals surface area contributed by atoms with Crippen molar-refractivity contribution in [1.82, 2.24) is 10.2 Å². The fourth-order valence-corrected chi connectivity index (χ4v) is 2.31. The number of piperazine rings is 1. The maximum atomic E-state index is 13.4. The molecule has 1 aromatic rings. The Morgan fingerprint density at radius 1 is 1.44 bits per heavy atom. The Morgan fingerprint density at radius 3 is 2.78 bits per heavy atom. The van der Waals surface area contributed by atoms with Crippen molar-refractivity contribution in [2.45, 2.75) is 6.04 Å².